The van der Waals surface area contributed by atoms with Gasteiger partial charge >= 0.3 is 0 Å². The Hall–Kier alpha value is -1.42. The second-order valence-electron chi connectivity index (χ2n) is 4.05. The van der Waals surface area contributed by atoms with Gasteiger partial charge in [0, 0.05) is 25.2 Å². The second-order valence-corrected chi connectivity index (χ2v) is 4.49. The Morgan fingerprint density at radius 2 is 2.12 bits per heavy atom. The van der Waals surface area contributed by atoms with Crippen molar-refractivity contribution in [2.75, 3.05) is 38.7 Å². The maximum Gasteiger partial charge on any atom is 0.241 e. The van der Waals surface area contributed by atoms with Crippen LogP contribution in [0.1, 0.15) is 0 Å². The Balaban J connectivity index is 2.27. The summed E-state index contributed by atoms with van der Waals surface area (Å²) in [5.41, 5.74) is 0.876. The Kier molecular flexibility index (Phi) is 3.43. The first-order valence-corrected chi connectivity index (χ1v) is 5.82. The van der Waals surface area contributed by atoms with Crippen LogP contribution in [0, 0.1) is 0 Å². The number of rotatable bonds is 2. The van der Waals surface area contributed by atoms with E-state index in [9.17, 15) is 4.79 Å². The van der Waals surface area contributed by atoms with Crippen LogP contribution in [0.15, 0.2) is 18.2 Å². The fraction of sp³-hybridized carbons (Fsp3) is 0.417. The maximum atomic E-state index is 11.7. The number of ether oxygens (including phenoxy) is 1. The maximum absolute atomic E-state index is 11.7. The van der Waals surface area contributed by atoms with Crippen molar-refractivity contribution in [2.24, 2.45) is 0 Å². The van der Waals surface area contributed by atoms with Crippen LogP contribution in [-0.2, 0) is 4.79 Å². The molecule has 1 amide bonds. The topological polar surface area (TPSA) is 32.8 Å². The van der Waals surface area contributed by atoms with E-state index >= 15 is 0 Å². The number of amides is 1. The zero-order valence-corrected chi connectivity index (χ0v) is 10.7. The monoisotopic (exact) mass is 254 g/mol. The molecule has 1 fully saturated rings. The van der Waals surface area contributed by atoms with Gasteiger partial charge in [0.25, 0.3) is 0 Å². The first kappa shape index (κ1) is 12.0. The van der Waals surface area contributed by atoms with Crippen LogP contribution in [0.25, 0.3) is 0 Å². The van der Waals surface area contributed by atoms with Gasteiger partial charge in [0.2, 0.25) is 5.91 Å². The zero-order chi connectivity index (χ0) is 12.4. The van der Waals surface area contributed by atoms with Gasteiger partial charge in [0.05, 0.1) is 19.3 Å². The van der Waals surface area contributed by atoms with Gasteiger partial charge in [0.1, 0.15) is 5.75 Å². The summed E-state index contributed by atoms with van der Waals surface area (Å²) < 4.78 is 5.29. The van der Waals surface area contributed by atoms with Gasteiger partial charge in [0.15, 0.2) is 0 Å². The fourth-order valence-corrected chi connectivity index (χ4v) is 2.04. The minimum Gasteiger partial charge on any atom is -0.495 e. The van der Waals surface area contributed by atoms with E-state index in [1.54, 1.807) is 18.1 Å². The van der Waals surface area contributed by atoms with Crippen LogP contribution >= 0.6 is 11.6 Å². The van der Waals surface area contributed by atoms with Crippen molar-refractivity contribution in [3.63, 3.8) is 0 Å². The molecule has 0 aliphatic carbocycles. The number of hydrogen-bond acceptors (Lipinski definition) is 3. The molecule has 4 nitrogen and oxygen atoms in total. The van der Waals surface area contributed by atoms with Crippen LogP contribution in [0.5, 0.6) is 5.75 Å². The van der Waals surface area contributed by atoms with Crippen molar-refractivity contribution >= 4 is 23.2 Å². The molecule has 1 aliphatic heterocycles. The average Bonchev–Trinajstić information content (AvgIpc) is 2.32. The van der Waals surface area contributed by atoms with Gasteiger partial charge in [-0.05, 0) is 18.2 Å². The van der Waals surface area contributed by atoms with Gasteiger partial charge in [-0.3, -0.25) is 4.79 Å². The number of anilines is 1. The zero-order valence-electron chi connectivity index (χ0n) is 9.94. The SMILES string of the molecule is COc1ccc(Cl)cc1N1CCN(C)C(=O)C1. The first-order valence-electron chi connectivity index (χ1n) is 5.44. The normalized spacial score (nSPS) is 16.3. The average molecular weight is 255 g/mol. The lowest BCUT2D eigenvalue weighted by Crippen LogP contribution is -2.48. The molecule has 2 rings (SSSR count). The minimum atomic E-state index is 0.110. The van der Waals surface area contributed by atoms with Gasteiger partial charge in [-0.1, -0.05) is 11.6 Å². The number of carbonyl (C=O) groups excluding carboxylic acids is 1. The number of benzene rings is 1. The van der Waals surface area contributed by atoms with Crippen molar-refractivity contribution in [2.45, 2.75) is 0 Å². The summed E-state index contributed by atoms with van der Waals surface area (Å²) in [6.45, 7) is 1.88. The minimum absolute atomic E-state index is 0.110. The van der Waals surface area contributed by atoms with E-state index in [1.165, 1.54) is 0 Å². The molecular weight excluding hydrogens is 240 g/mol. The summed E-state index contributed by atoms with van der Waals surface area (Å²) >= 11 is 5.98. The summed E-state index contributed by atoms with van der Waals surface area (Å²) in [7, 11) is 3.43. The smallest absolute Gasteiger partial charge is 0.241 e. The van der Waals surface area contributed by atoms with E-state index in [1.807, 2.05) is 24.1 Å². The molecule has 0 unspecified atom stereocenters. The van der Waals surface area contributed by atoms with Gasteiger partial charge in [-0.15, -0.1) is 0 Å². The molecule has 17 heavy (non-hydrogen) atoms. The fourth-order valence-electron chi connectivity index (χ4n) is 1.87. The number of likely N-dealkylation sites (N-methyl/N-ethyl adjacent to an activating group) is 1. The molecule has 0 saturated carbocycles. The third-order valence-electron chi connectivity index (χ3n) is 2.94. The Morgan fingerprint density at radius 3 is 2.76 bits per heavy atom. The molecule has 0 atom stereocenters. The van der Waals surface area contributed by atoms with E-state index in [4.69, 9.17) is 16.3 Å². The lowest BCUT2D eigenvalue weighted by atomic mass is 10.2. The standard InChI is InChI=1S/C12H15ClN2O2/c1-14-5-6-15(8-12(14)16)10-7-9(13)3-4-11(10)17-2/h3-4,7H,5-6,8H2,1-2H3. The van der Waals surface area contributed by atoms with E-state index in [-0.39, 0.29) is 5.91 Å². The third-order valence-corrected chi connectivity index (χ3v) is 3.17. The van der Waals surface area contributed by atoms with Crippen molar-refractivity contribution < 1.29 is 9.53 Å². The second kappa shape index (κ2) is 4.84. The van der Waals surface area contributed by atoms with E-state index < -0.39 is 0 Å². The molecule has 0 spiro atoms. The van der Waals surface area contributed by atoms with Crippen LogP contribution in [0.3, 0.4) is 0 Å². The highest BCUT2D eigenvalue weighted by molar-refractivity contribution is 6.31. The summed E-state index contributed by atoms with van der Waals surface area (Å²) in [6.07, 6.45) is 0. The molecule has 0 radical (unpaired) electrons. The van der Waals surface area contributed by atoms with Crippen molar-refractivity contribution in [1.29, 1.82) is 0 Å². The predicted molar refractivity (Wildman–Crippen MR) is 67.9 cm³/mol. The van der Waals surface area contributed by atoms with Crippen LogP contribution in [0.4, 0.5) is 5.69 Å². The number of carbonyl (C=O) groups is 1. The number of methoxy groups -OCH3 is 1. The summed E-state index contributed by atoms with van der Waals surface area (Å²) in [6, 6.07) is 5.43. The van der Waals surface area contributed by atoms with Gasteiger partial charge < -0.3 is 14.5 Å². The van der Waals surface area contributed by atoms with E-state index in [2.05, 4.69) is 0 Å². The van der Waals surface area contributed by atoms with Crippen molar-refractivity contribution in [3.05, 3.63) is 23.2 Å². The molecule has 92 valence electrons. The molecule has 1 aromatic rings. The highest BCUT2D eigenvalue weighted by Crippen LogP contribution is 2.31. The summed E-state index contributed by atoms with van der Waals surface area (Å²) in [5.74, 6) is 0.852. The molecular formula is C12H15ClN2O2. The van der Waals surface area contributed by atoms with E-state index in [0.717, 1.165) is 18.0 Å². The van der Waals surface area contributed by atoms with Crippen LogP contribution in [0.2, 0.25) is 5.02 Å². The van der Waals surface area contributed by atoms with Gasteiger partial charge in [-0.25, -0.2) is 0 Å². The van der Waals surface area contributed by atoms with Crippen LogP contribution < -0.4 is 9.64 Å². The number of piperazine rings is 1. The number of hydrogen-bond donors (Lipinski definition) is 0. The number of nitrogens with zero attached hydrogens (tertiary/aromatic N) is 2. The molecule has 1 aliphatic rings. The molecule has 0 bridgehead atoms. The van der Waals surface area contributed by atoms with E-state index in [0.29, 0.717) is 18.1 Å². The Bertz CT molecular complexity index is 437. The molecule has 1 aromatic carbocycles. The highest BCUT2D eigenvalue weighted by atomic mass is 35.5. The van der Waals surface area contributed by atoms with Crippen molar-refractivity contribution in [1.82, 2.24) is 4.90 Å². The predicted octanol–water partition coefficient (Wildman–Crippen LogP) is 1.63. The molecule has 5 heteroatoms. The van der Waals surface area contributed by atoms with Crippen LogP contribution in [-0.4, -0.2) is 44.6 Å². The third kappa shape index (κ3) is 2.47. The molecule has 1 saturated heterocycles. The van der Waals surface area contributed by atoms with Crippen molar-refractivity contribution in [3.8, 4) is 5.75 Å². The quantitative estimate of drug-likeness (QED) is 0.804. The largest absolute Gasteiger partial charge is 0.495 e. The summed E-state index contributed by atoms with van der Waals surface area (Å²) in [4.78, 5) is 15.4. The summed E-state index contributed by atoms with van der Waals surface area (Å²) in [5, 5.41) is 0.646. The Morgan fingerprint density at radius 1 is 1.35 bits per heavy atom. The van der Waals surface area contributed by atoms with Gasteiger partial charge in [-0.2, -0.15) is 0 Å². The molecule has 0 aromatic heterocycles. The number of halogens is 1. The lowest BCUT2D eigenvalue weighted by molar-refractivity contribution is -0.129. The first-order chi connectivity index (χ1) is 8.11. The highest BCUT2D eigenvalue weighted by Gasteiger charge is 2.23. The Labute approximate surface area is 106 Å². The molecule has 0 N–H and O–H groups in total. The molecule has 1 heterocycles. The lowest BCUT2D eigenvalue weighted by Gasteiger charge is -2.34.